The number of nitrogens with two attached hydrogens (primary N) is 1. The van der Waals surface area contributed by atoms with Gasteiger partial charge in [-0.15, -0.1) is 0 Å². The molecule has 0 aliphatic rings. The lowest BCUT2D eigenvalue weighted by Crippen LogP contribution is -2.15. The molecule has 0 unspecified atom stereocenters. The first-order valence-corrected chi connectivity index (χ1v) is 7.25. The molecule has 4 nitrogen and oxygen atoms in total. The predicted molar refractivity (Wildman–Crippen MR) is 88.8 cm³/mol. The minimum absolute atomic E-state index is 0.0679. The van der Waals surface area contributed by atoms with Crippen molar-refractivity contribution in [3.8, 4) is 5.75 Å². The molecule has 5 heteroatoms. The van der Waals surface area contributed by atoms with Crippen LogP contribution in [0.2, 0.25) is 0 Å². The lowest BCUT2D eigenvalue weighted by Gasteiger charge is -2.07. The summed E-state index contributed by atoms with van der Waals surface area (Å²) >= 11 is 2.22. The summed E-state index contributed by atoms with van der Waals surface area (Å²) in [5, 5.41) is 2.82. The van der Waals surface area contributed by atoms with Gasteiger partial charge in [-0.05, 0) is 71.1 Å². The van der Waals surface area contributed by atoms with E-state index in [0.29, 0.717) is 24.5 Å². The zero-order valence-corrected chi connectivity index (χ0v) is 13.0. The van der Waals surface area contributed by atoms with Crippen molar-refractivity contribution < 1.29 is 9.53 Å². The quantitative estimate of drug-likeness (QED) is 0.616. The summed E-state index contributed by atoms with van der Waals surface area (Å²) in [7, 11) is 0. The summed E-state index contributed by atoms with van der Waals surface area (Å²) in [6.45, 7) is 0.333. The predicted octanol–water partition coefficient (Wildman–Crippen LogP) is 3.28. The number of hydrogen-bond donors (Lipinski definition) is 2. The maximum absolute atomic E-state index is 11.7. The minimum atomic E-state index is -0.0679. The van der Waals surface area contributed by atoms with Crippen LogP contribution in [0, 0.1) is 3.57 Å². The van der Waals surface area contributed by atoms with Gasteiger partial charge in [-0.3, -0.25) is 4.79 Å². The molecule has 1 amide bonds. The number of nitrogens with one attached hydrogen (secondary N) is 1. The van der Waals surface area contributed by atoms with Gasteiger partial charge in [0.05, 0.1) is 13.0 Å². The van der Waals surface area contributed by atoms with Crippen molar-refractivity contribution in [2.24, 2.45) is 0 Å². The van der Waals surface area contributed by atoms with Crippen molar-refractivity contribution in [1.82, 2.24) is 0 Å². The van der Waals surface area contributed by atoms with Gasteiger partial charge in [0.15, 0.2) is 0 Å². The average molecular weight is 382 g/mol. The van der Waals surface area contributed by atoms with E-state index in [1.54, 1.807) is 24.3 Å². The Kier molecular flexibility index (Phi) is 5.23. The summed E-state index contributed by atoms with van der Waals surface area (Å²) in [4.78, 5) is 11.7. The molecule has 2 aromatic rings. The number of halogens is 1. The topological polar surface area (TPSA) is 64.3 Å². The number of anilines is 2. The summed E-state index contributed by atoms with van der Waals surface area (Å²) in [5.41, 5.74) is 7.06. The Hall–Kier alpha value is -1.76. The van der Waals surface area contributed by atoms with E-state index in [1.807, 2.05) is 24.3 Å². The Balaban J connectivity index is 1.75. The van der Waals surface area contributed by atoms with Crippen LogP contribution in [0.3, 0.4) is 0 Å². The number of hydrogen-bond acceptors (Lipinski definition) is 3. The minimum Gasteiger partial charge on any atom is -0.493 e. The summed E-state index contributed by atoms with van der Waals surface area (Å²) in [6, 6.07) is 14.7. The number of amides is 1. The van der Waals surface area contributed by atoms with Crippen LogP contribution in [0.5, 0.6) is 5.75 Å². The molecule has 0 fully saturated rings. The number of nitrogen functional groups attached to an aromatic ring is 1. The standard InChI is InChI=1S/C15H15IN2O2/c16-11-1-5-13(6-2-11)18-15(19)9-10-20-14-7-3-12(17)4-8-14/h1-8H,9-10,17H2,(H,18,19). The third-order valence-corrected chi connectivity index (χ3v) is 3.33. The van der Waals surface area contributed by atoms with E-state index >= 15 is 0 Å². The normalized spacial score (nSPS) is 10.1. The van der Waals surface area contributed by atoms with E-state index < -0.39 is 0 Å². The highest BCUT2D eigenvalue weighted by Gasteiger charge is 2.03. The van der Waals surface area contributed by atoms with Gasteiger partial charge in [-0.2, -0.15) is 0 Å². The Morgan fingerprint density at radius 2 is 1.75 bits per heavy atom. The Morgan fingerprint density at radius 3 is 2.40 bits per heavy atom. The van der Waals surface area contributed by atoms with Crippen LogP contribution in [0.25, 0.3) is 0 Å². The Bertz CT molecular complexity index is 567. The van der Waals surface area contributed by atoms with E-state index in [9.17, 15) is 4.79 Å². The van der Waals surface area contributed by atoms with Crippen LogP contribution in [0.1, 0.15) is 6.42 Å². The maximum Gasteiger partial charge on any atom is 0.227 e. The van der Waals surface area contributed by atoms with Crippen LogP contribution in [-0.4, -0.2) is 12.5 Å². The highest BCUT2D eigenvalue weighted by atomic mass is 127. The van der Waals surface area contributed by atoms with Gasteiger partial charge in [-0.1, -0.05) is 0 Å². The lowest BCUT2D eigenvalue weighted by molar-refractivity contribution is -0.116. The first kappa shape index (κ1) is 14.6. The second kappa shape index (κ2) is 7.14. The van der Waals surface area contributed by atoms with Gasteiger partial charge >= 0.3 is 0 Å². The average Bonchev–Trinajstić information content (AvgIpc) is 2.44. The van der Waals surface area contributed by atoms with E-state index in [0.717, 1.165) is 9.26 Å². The second-order valence-corrected chi connectivity index (χ2v) is 5.47. The molecule has 0 spiro atoms. The molecule has 104 valence electrons. The van der Waals surface area contributed by atoms with Gasteiger partial charge in [0.1, 0.15) is 5.75 Å². The SMILES string of the molecule is Nc1ccc(OCCC(=O)Nc2ccc(I)cc2)cc1. The number of benzene rings is 2. The third-order valence-electron chi connectivity index (χ3n) is 2.61. The van der Waals surface area contributed by atoms with Gasteiger partial charge in [0.2, 0.25) is 5.91 Å². The highest BCUT2D eigenvalue weighted by Crippen LogP contribution is 2.14. The molecule has 2 rings (SSSR count). The second-order valence-electron chi connectivity index (χ2n) is 4.22. The Labute approximate surface area is 131 Å². The van der Waals surface area contributed by atoms with Crippen molar-refractivity contribution >= 4 is 39.9 Å². The third kappa shape index (κ3) is 4.73. The fourth-order valence-electron chi connectivity index (χ4n) is 1.58. The summed E-state index contributed by atoms with van der Waals surface area (Å²) < 4.78 is 6.60. The first-order valence-electron chi connectivity index (χ1n) is 6.17. The van der Waals surface area contributed by atoms with Crippen molar-refractivity contribution in [2.75, 3.05) is 17.7 Å². The molecule has 0 atom stereocenters. The molecule has 0 aliphatic carbocycles. The van der Waals surface area contributed by atoms with Crippen LogP contribution < -0.4 is 15.8 Å². The molecule has 3 N–H and O–H groups in total. The van der Waals surface area contributed by atoms with E-state index in [-0.39, 0.29) is 5.91 Å². The van der Waals surface area contributed by atoms with Crippen molar-refractivity contribution in [1.29, 1.82) is 0 Å². The molecule has 0 aliphatic heterocycles. The molecule has 20 heavy (non-hydrogen) atoms. The molecular weight excluding hydrogens is 367 g/mol. The lowest BCUT2D eigenvalue weighted by atomic mass is 10.3. The van der Waals surface area contributed by atoms with Crippen LogP contribution in [0.15, 0.2) is 48.5 Å². The van der Waals surface area contributed by atoms with Gasteiger partial charge < -0.3 is 15.8 Å². The van der Waals surface area contributed by atoms with Gasteiger partial charge in [0.25, 0.3) is 0 Å². The van der Waals surface area contributed by atoms with Crippen molar-refractivity contribution in [3.05, 3.63) is 52.1 Å². The molecule has 0 saturated heterocycles. The van der Waals surface area contributed by atoms with Crippen LogP contribution in [-0.2, 0) is 4.79 Å². The van der Waals surface area contributed by atoms with E-state index in [4.69, 9.17) is 10.5 Å². The summed E-state index contributed by atoms with van der Waals surface area (Å²) in [5.74, 6) is 0.642. The monoisotopic (exact) mass is 382 g/mol. The number of rotatable bonds is 5. The highest BCUT2D eigenvalue weighted by molar-refractivity contribution is 14.1. The molecule has 0 radical (unpaired) electrons. The van der Waals surface area contributed by atoms with Gasteiger partial charge in [0, 0.05) is 14.9 Å². The first-order chi connectivity index (χ1) is 9.63. The van der Waals surface area contributed by atoms with E-state index in [1.165, 1.54) is 0 Å². The largest absolute Gasteiger partial charge is 0.493 e. The zero-order chi connectivity index (χ0) is 14.4. The summed E-state index contributed by atoms with van der Waals surface area (Å²) in [6.07, 6.45) is 0.302. The molecular formula is C15H15IN2O2. The number of ether oxygens (including phenoxy) is 1. The Morgan fingerprint density at radius 1 is 1.10 bits per heavy atom. The zero-order valence-electron chi connectivity index (χ0n) is 10.8. The smallest absolute Gasteiger partial charge is 0.227 e. The molecule has 0 aromatic heterocycles. The van der Waals surface area contributed by atoms with Crippen molar-refractivity contribution in [2.45, 2.75) is 6.42 Å². The fraction of sp³-hybridized carbons (Fsp3) is 0.133. The fourth-order valence-corrected chi connectivity index (χ4v) is 1.94. The molecule has 0 bridgehead atoms. The molecule has 0 saturated carbocycles. The molecule has 2 aromatic carbocycles. The van der Waals surface area contributed by atoms with Crippen LogP contribution >= 0.6 is 22.6 Å². The van der Waals surface area contributed by atoms with E-state index in [2.05, 4.69) is 27.9 Å². The van der Waals surface area contributed by atoms with Crippen LogP contribution in [0.4, 0.5) is 11.4 Å². The van der Waals surface area contributed by atoms with Gasteiger partial charge in [-0.25, -0.2) is 0 Å². The van der Waals surface area contributed by atoms with Crippen molar-refractivity contribution in [3.63, 3.8) is 0 Å². The maximum atomic E-state index is 11.7. The molecule has 0 heterocycles. The number of carbonyl (C=O) groups is 1. The number of carbonyl (C=O) groups excluding carboxylic acids is 1.